The van der Waals surface area contributed by atoms with E-state index in [-0.39, 0.29) is 5.41 Å². The predicted molar refractivity (Wildman–Crippen MR) is 50.0 cm³/mol. The summed E-state index contributed by atoms with van der Waals surface area (Å²) in [6, 6.07) is 1.51. The molecule has 0 amide bonds. The highest BCUT2D eigenvalue weighted by Gasteiger charge is 2.42. The Kier molecular flexibility index (Phi) is 3.61. The quantitative estimate of drug-likeness (QED) is 0.773. The van der Waals surface area contributed by atoms with Gasteiger partial charge in [0.05, 0.1) is 12.5 Å². The Hall–Kier alpha value is -0.760. The number of alkyl halides is 3. The summed E-state index contributed by atoms with van der Waals surface area (Å²) in [5.41, 5.74) is -0.0331. The molecule has 0 saturated heterocycles. The Morgan fingerprint density at radius 3 is 2.47 bits per heavy atom. The minimum atomic E-state index is -4.11. The molecular formula is C10H15F3N2. The molecule has 0 aromatic rings. The minimum Gasteiger partial charge on any atom is -0.313 e. The lowest BCUT2D eigenvalue weighted by Gasteiger charge is -2.19. The molecule has 1 aliphatic carbocycles. The van der Waals surface area contributed by atoms with Crippen molar-refractivity contribution in [2.45, 2.75) is 44.8 Å². The average Bonchev–Trinajstić information content (AvgIpc) is 2.80. The lowest BCUT2D eigenvalue weighted by molar-refractivity contribution is -0.139. The van der Waals surface area contributed by atoms with Gasteiger partial charge in [-0.1, -0.05) is 0 Å². The Bertz CT molecular complexity index is 250. The second-order valence-corrected chi connectivity index (χ2v) is 4.44. The van der Waals surface area contributed by atoms with Crippen molar-refractivity contribution < 1.29 is 13.2 Å². The molecular weight excluding hydrogens is 205 g/mol. The zero-order valence-corrected chi connectivity index (χ0v) is 8.69. The van der Waals surface area contributed by atoms with E-state index in [0.717, 1.165) is 12.8 Å². The maximum absolute atomic E-state index is 12.0. The molecule has 1 saturated carbocycles. The van der Waals surface area contributed by atoms with Gasteiger partial charge < -0.3 is 5.32 Å². The SMILES string of the molecule is CC(CC(F)(F)F)NCC1(CC#N)CC1. The number of rotatable bonds is 5. The third-order valence-corrected chi connectivity index (χ3v) is 2.77. The molecule has 0 heterocycles. The van der Waals surface area contributed by atoms with E-state index in [9.17, 15) is 13.2 Å². The fourth-order valence-corrected chi connectivity index (χ4v) is 1.57. The van der Waals surface area contributed by atoms with Crippen LogP contribution >= 0.6 is 0 Å². The molecule has 0 aliphatic heterocycles. The molecule has 2 nitrogen and oxygen atoms in total. The predicted octanol–water partition coefficient (Wildman–Crippen LogP) is 2.61. The zero-order chi connectivity index (χ0) is 11.5. The number of nitrogens with one attached hydrogen (secondary N) is 1. The maximum atomic E-state index is 12.0. The molecule has 1 fully saturated rings. The van der Waals surface area contributed by atoms with E-state index in [1.165, 1.54) is 6.92 Å². The van der Waals surface area contributed by atoms with Gasteiger partial charge in [0.15, 0.2) is 0 Å². The Morgan fingerprint density at radius 2 is 2.07 bits per heavy atom. The molecule has 86 valence electrons. The van der Waals surface area contributed by atoms with E-state index in [2.05, 4.69) is 11.4 Å². The van der Waals surface area contributed by atoms with Crippen LogP contribution in [0.15, 0.2) is 0 Å². The summed E-state index contributed by atoms with van der Waals surface area (Å²) in [5, 5.41) is 11.4. The van der Waals surface area contributed by atoms with Gasteiger partial charge in [-0.25, -0.2) is 0 Å². The second kappa shape index (κ2) is 4.40. The molecule has 0 bridgehead atoms. The zero-order valence-electron chi connectivity index (χ0n) is 8.69. The summed E-state index contributed by atoms with van der Waals surface area (Å²) in [5.74, 6) is 0. The molecule has 1 unspecified atom stereocenters. The number of nitrogens with zero attached hydrogens (tertiary/aromatic N) is 1. The summed E-state index contributed by atoms with van der Waals surface area (Å²) < 4.78 is 36.0. The number of hydrogen-bond acceptors (Lipinski definition) is 2. The van der Waals surface area contributed by atoms with Crippen LogP contribution < -0.4 is 5.32 Å². The van der Waals surface area contributed by atoms with Crippen LogP contribution in [0.5, 0.6) is 0 Å². The molecule has 0 radical (unpaired) electrons. The molecule has 15 heavy (non-hydrogen) atoms. The second-order valence-electron chi connectivity index (χ2n) is 4.44. The molecule has 0 aromatic carbocycles. The smallest absolute Gasteiger partial charge is 0.313 e. The Morgan fingerprint density at radius 1 is 1.47 bits per heavy atom. The van der Waals surface area contributed by atoms with Gasteiger partial charge in [0.25, 0.3) is 0 Å². The maximum Gasteiger partial charge on any atom is 0.390 e. The molecule has 1 rings (SSSR count). The van der Waals surface area contributed by atoms with Gasteiger partial charge >= 0.3 is 6.18 Å². The van der Waals surface area contributed by atoms with Crippen LogP contribution in [0, 0.1) is 16.7 Å². The molecule has 5 heteroatoms. The standard InChI is InChI=1S/C10H15F3N2/c1-8(6-10(11,12)13)15-7-9(2-3-9)4-5-14/h8,15H,2-4,6-7H2,1H3. The van der Waals surface area contributed by atoms with Gasteiger partial charge in [0.2, 0.25) is 0 Å². The molecule has 1 atom stereocenters. The summed E-state index contributed by atoms with van der Waals surface area (Å²) in [6.45, 7) is 2.05. The van der Waals surface area contributed by atoms with Crippen molar-refractivity contribution in [3.05, 3.63) is 0 Å². The Labute approximate surface area is 87.5 Å². The van der Waals surface area contributed by atoms with Crippen molar-refractivity contribution in [1.29, 1.82) is 5.26 Å². The summed E-state index contributed by atoms with van der Waals surface area (Å²) in [7, 11) is 0. The largest absolute Gasteiger partial charge is 0.390 e. The van der Waals surface area contributed by atoms with Crippen LogP contribution in [0.3, 0.4) is 0 Å². The number of nitriles is 1. The highest BCUT2D eigenvalue weighted by Crippen LogP contribution is 2.47. The van der Waals surface area contributed by atoms with E-state index in [0.29, 0.717) is 13.0 Å². The van der Waals surface area contributed by atoms with Crippen molar-refractivity contribution in [2.75, 3.05) is 6.54 Å². The monoisotopic (exact) mass is 220 g/mol. The van der Waals surface area contributed by atoms with Crippen LogP contribution in [0.4, 0.5) is 13.2 Å². The van der Waals surface area contributed by atoms with E-state index >= 15 is 0 Å². The van der Waals surface area contributed by atoms with Crippen molar-refractivity contribution >= 4 is 0 Å². The van der Waals surface area contributed by atoms with Crippen LogP contribution in [0.25, 0.3) is 0 Å². The first-order valence-corrected chi connectivity index (χ1v) is 5.04. The lowest BCUT2D eigenvalue weighted by atomic mass is 10.0. The van der Waals surface area contributed by atoms with Gasteiger partial charge in [-0.15, -0.1) is 0 Å². The Balaban J connectivity index is 2.23. The van der Waals surface area contributed by atoms with Gasteiger partial charge in [-0.3, -0.25) is 0 Å². The average molecular weight is 220 g/mol. The number of hydrogen-bond donors (Lipinski definition) is 1. The third-order valence-electron chi connectivity index (χ3n) is 2.77. The van der Waals surface area contributed by atoms with Crippen LogP contribution in [0.1, 0.15) is 32.6 Å². The van der Waals surface area contributed by atoms with Crippen molar-refractivity contribution in [2.24, 2.45) is 5.41 Å². The molecule has 0 spiro atoms. The molecule has 0 aromatic heterocycles. The topological polar surface area (TPSA) is 35.8 Å². The van der Waals surface area contributed by atoms with E-state index in [1.54, 1.807) is 0 Å². The minimum absolute atomic E-state index is 0.0331. The first kappa shape index (κ1) is 12.3. The summed E-state index contributed by atoms with van der Waals surface area (Å²) in [6.07, 6.45) is -2.58. The van der Waals surface area contributed by atoms with Crippen molar-refractivity contribution in [3.63, 3.8) is 0 Å². The first-order chi connectivity index (χ1) is 6.87. The van der Waals surface area contributed by atoms with Gasteiger partial charge in [-0.05, 0) is 25.2 Å². The summed E-state index contributed by atoms with van der Waals surface area (Å²) >= 11 is 0. The fraction of sp³-hybridized carbons (Fsp3) is 0.900. The van der Waals surface area contributed by atoms with E-state index in [1.807, 2.05) is 0 Å². The third kappa shape index (κ3) is 4.52. The van der Waals surface area contributed by atoms with Crippen LogP contribution in [0.2, 0.25) is 0 Å². The van der Waals surface area contributed by atoms with Crippen LogP contribution in [-0.2, 0) is 0 Å². The normalized spacial score (nSPS) is 20.7. The van der Waals surface area contributed by atoms with Crippen molar-refractivity contribution in [3.8, 4) is 6.07 Å². The van der Waals surface area contributed by atoms with Gasteiger partial charge in [0, 0.05) is 19.0 Å². The van der Waals surface area contributed by atoms with Gasteiger partial charge in [0.1, 0.15) is 0 Å². The molecule has 1 aliphatic rings. The lowest BCUT2D eigenvalue weighted by Crippen LogP contribution is -2.35. The van der Waals surface area contributed by atoms with Crippen LogP contribution in [-0.4, -0.2) is 18.8 Å². The highest BCUT2D eigenvalue weighted by atomic mass is 19.4. The first-order valence-electron chi connectivity index (χ1n) is 5.04. The van der Waals surface area contributed by atoms with E-state index < -0.39 is 18.6 Å². The van der Waals surface area contributed by atoms with Crippen molar-refractivity contribution in [1.82, 2.24) is 5.32 Å². The summed E-state index contributed by atoms with van der Waals surface area (Å²) in [4.78, 5) is 0. The van der Waals surface area contributed by atoms with E-state index in [4.69, 9.17) is 5.26 Å². The number of halogens is 3. The molecule has 1 N–H and O–H groups in total. The van der Waals surface area contributed by atoms with Gasteiger partial charge in [-0.2, -0.15) is 18.4 Å². The fourth-order valence-electron chi connectivity index (χ4n) is 1.57. The highest BCUT2D eigenvalue weighted by molar-refractivity contribution is 5.00.